The van der Waals surface area contributed by atoms with Gasteiger partial charge >= 0.3 is 0 Å². The molecule has 2 N–H and O–H groups in total. The lowest BCUT2D eigenvalue weighted by Crippen LogP contribution is -2.35. The Morgan fingerprint density at radius 1 is 0.778 bits per heavy atom. The van der Waals surface area contributed by atoms with Crippen LogP contribution in [-0.4, -0.2) is 28.9 Å². The molecule has 6 rings (SSSR count). The molecule has 0 aliphatic carbocycles. The van der Waals surface area contributed by atoms with Crippen LogP contribution in [0.1, 0.15) is 58.3 Å². The Kier molecular flexibility index (Phi) is 5.90. The van der Waals surface area contributed by atoms with Gasteiger partial charge in [-0.25, -0.2) is 0 Å². The van der Waals surface area contributed by atoms with Crippen molar-refractivity contribution in [1.29, 1.82) is 0 Å². The van der Waals surface area contributed by atoms with Crippen molar-refractivity contribution in [1.82, 2.24) is 9.88 Å². The Balaban J connectivity index is 1.41. The van der Waals surface area contributed by atoms with Crippen LogP contribution in [0.2, 0.25) is 0 Å². The van der Waals surface area contributed by atoms with Crippen LogP contribution in [0.15, 0.2) is 95.9 Å². The molecule has 2 atom stereocenters. The first-order valence-corrected chi connectivity index (χ1v) is 12.7. The first-order valence-electron chi connectivity index (χ1n) is 12.7. The number of hydrogen-bond acceptors (Lipinski definition) is 3. The zero-order valence-electron chi connectivity index (χ0n) is 20.1. The molecule has 36 heavy (non-hydrogen) atoms. The highest BCUT2D eigenvalue weighted by molar-refractivity contribution is 5.95. The fourth-order valence-electron chi connectivity index (χ4n) is 5.62. The maximum Gasteiger partial charge on any atom is 0.253 e. The van der Waals surface area contributed by atoms with E-state index in [0.29, 0.717) is 11.1 Å². The van der Waals surface area contributed by atoms with Crippen LogP contribution in [0.25, 0.3) is 11.1 Å². The predicted molar refractivity (Wildman–Crippen MR) is 143 cm³/mol. The van der Waals surface area contributed by atoms with Crippen molar-refractivity contribution in [3.8, 4) is 11.1 Å². The summed E-state index contributed by atoms with van der Waals surface area (Å²) in [4.78, 5) is 30.9. The van der Waals surface area contributed by atoms with Crippen LogP contribution < -0.4 is 10.9 Å². The molecule has 4 aromatic rings. The van der Waals surface area contributed by atoms with Crippen molar-refractivity contribution in [3.05, 3.63) is 124 Å². The Morgan fingerprint density at radius 2 is 1.53 bits per heavy atom. The Hall–Kier alpha value is -4.12. The van der Waals surface area contributed by atoms with Gasteiger partial charge in [0.2, 0.25) is 0 Å². The second-order valence-electron chi connectivity index (χ2n) is 9.70. The number of carbonyl (C=O) groups is 1. The smallest absolute Gasteiger partial charge is 0.253 e. The third-order valence-electron chi connectivity index (χ3n) is 7.48. The Labute approximate surface area is 210 Å². The summed E-state index contributed by atoms with van der Waals surface area (Å²) in [5.74, 6) is -0.000821. The van der Waals surface area contributed by atoms with Gasteiger partial charge in [-0.15, -0.1) is 0 Å². The van der Waals surface area contributed by atoms with Crippen LogP contribution in [0, 0.1) is 0 Å². The minimum atomic E-state index is -0.229. The molecular weight excluding hydrogens is 446 g/mol. The number of hydrogen-bond donors (Lipinski definition) is 2. The number of carbonyl (C=O) groups excluding carboxylic acids is 1. The van der Waals surface area contributed by atoms with Crippen LogP contribution in [0.5, 0.6) is 0 Å². The van der Waals surface area contributed by atoms with E-state index in [1.807, 2.05) is 53.4 Å². The normalized spacial score (nSPS) is 18.9. The molecule has 3 aromatic carbocycles. The van der Waals surface area contributed by atoms with Crippen LogP contribution in [0.3, 0.4) is 0 Å². The minimum absolute atomic E-state index is 0.0942. The number of H-pyrrole nitrogens is 1. The summed E-state index contributed by atoms with van der Waals surface area (Å²) >= 11 is 0. The first-order chi connectivity index (χ1) is 17.7. The van der Waals surface area contributed by atoms with Gasteiger partial charge in [0, 0.05) is 42.0 Å². The quantitative estimate of drug-likeness (QED) is 0.382. The van der Waals surface area contributed by atoms with E-state index in [0.717, 1.165) is 48.3 Å². The minimum Gasteiger partial charge on any atom is -0.377 e. The number of piperidine rings is 1. The van der Waals surface area contributed by atoms with Crippen molar-refractivity contribution in [2.75, 3.05) is 18.4 Å². The molecule has 180 valence electrons. The number of likely N-dealkylation sites (tertiary alicyclic amines) is 1. The molecule has 2 unspecified atom stereocenters. The number of aromatic nitrogens is 1. The number of nitrogens with one attached hydrogen (secondary N) is 2. The third-order valence-corrected chi connectivity index (χ3v) is 7.48. The molecule has 1 saturated heterocycles. The molecule has 0 saturated carbocycles. The van der Waals surface area contributed by atoms with E-state index in [-0.39, 0.29) is 23.4 Å². The highest BCUT2D eigenvalue weighted by atomic mass is 16.2. The Morgan fingerprint density at radius 3 is 2.28 bits per heavy atom. The van der Waals surface area contributed by atoms with E-state index >= 15 is 0 Å². The molecule has 5 nitrogen and oxygen atoms in total. The number of fused-ring (bicyclic) bond motifs is 1. The summed E-state index contributed by atoms with van der Waals surface area (Å²) in [6, 6.07) is 28.3. The molecule has 0 spiro atoms. The molecule has 2 aliphatic rings. The summed E-state index contributed by atoms with van der Waals surface area (Å²) in [7, 11) is 0. The maximum absolute atomic E-state index is 13.3. The van der Waals surface area contributed by atoms with Crippen LogP contribution in [0.4, 0.5) is 5.69 Å². The van der Waals surface area contributed by atoms with Gasteiger partial charge in [-0.3, -0.25) is 9.59 Å². The van der Waals surface area contributed by atoms with Crippen LogP contribution in [-0.2, 0) is 0 Å². The molecule has 1 aromatic heterocycles. The highest BCUT2D eigenvalue weighted by Gasteiger charge is 2.36. The van der Waals surface area contributed by atoms with Crippen molar-refractivity contribution in [2.24, 2.45) is 0 Å². The predicted octanol–water partition coefficient (Wildman–Crippen LogP) is 5.97. The van der Waals surface area contributed by atoms with Gasteiger partial charge in [0.05, 0.1) is 6.04 Å². The van der Waals surface area contributed by atoms with Gasteiger partial charge in [-0.05, 0) is 71.8 Å². The SMILES string of the molecule is O=C(c1ccc2c(c1)C(c1ccc(-c3ccccc3)cc1)C(c1ccc[nH]c1=O)N2)N1CCCCC1. The average molecular weight is 476 g/mol. The summed E-state index contributed by atoms with van der Waals surface area (Å²) in [6.45, 7) is 1.64. The number of rotatable bonds is 4. The van der Waals surface area contributed by atoms with Crippen molar-refractivity contribution in [2.45, 2.75) is 31.2 Å². The second kappa shape index (κ2) is 9.50. The summed E-state index contributed by atoms with van der Waals surface area (Å²) < 4.78 is 0. The third kappa shape index (κ3) is 4.11. The largest absolute Gasteiger partial charge is 0.377 e. The molecule has 1 amide bonds. The van der Waals surface area contributed by atoms with E-state index in [9.17, 15) is 9.59 Å². The number of nitrogens with zero attached hydrogens (tertiary/aromatic N) is 1. The molecular formula is C31H29N3O2. The number of anilines is 1. The Bertz CT molecular complexity index is 1440. The highest BCUT2D eigenvalue weighted by Crippen LogP contribution is 2.47. The van der Waals surface area contributed by atoms with Crippen LogP contribution >= 0.6 is 0 Å². The zero-order valence-corrected chi connectivity index (χ0v) is 20.1. The van der Waals surface area contributed by atoms with Crippen molar-refractivity contribution < 1.29 is 4.79 Å². The van der Waals surface area contributed by atoms with Gasteiger partial charge in [-0.2, -0.15) is 0 Å². The summed E-state index contributed by atoms with van der Waals surface area (Å²) in [5, 5.41) is 3.59. The lowest BCUT2D eigenvalue weighted by Gasteiger charge is -2.27. The fraction of sp³-hybridized carbons (Fsp3) is 0.226. The molecule has 0 bridgehead atoms. The number of benzene rings is 3. The molecule has 1 fully saturated rings. The molecule has 5 heteroatoms. The van der Waals surface area contributed by atoms with Gasteiger partial charge in [0.15, 0.2) is 0 Å². The molecule has 0 radical (unpaired) electrons. The van der Waals surface area contributed by atoms with E-state index in [1.165, 1.54) is 12.0 Å². The van der Waals surface area contributed by atoms with Gasteiger partial charge < -0.3 is 15.2 Å². The average Bonchev–Trinajstić information content (AvgIpc) is 3.32. The summed E-state index contributed by atoms with van der Waals surface area (Å²) in [6.07, 6.45) is 4.97. The molecule has 3 heterocycles. The monoisotopic (exact) mass is 475 g/mol. The maximum atomic E-state index is 13.3. The van der Waals surface area contributed by atoms with Crippen molar-refractivity contribution >= 4 is 11.6 Å². The standard InChI is InChI=1S/C31H29N3O2/c35-30-25(10-7-17-32-30)29-28(23-13-11-22(12-14-23)21-8-3-1-4-9-21)26-20-24(15-16-27(26)33-29)31(36)34-18-5-2-6-19-34/h1,3-4,7-17,20,28-29,33H,2,5-6,18-19H2,(H,32,35). The first kappa shape index (κ1) is 22.4. The number of aromatic amines is 1. The topological polar surface area (TPSA) is 65.2 Å². The second-order valence-corrected chi connectivity index (χ2v) is 9.70. The fourth-order valence-corrected chi connectivity index (χ4v) is 5.62. The lowest BCUT2D eigenvalue weighted by molar-refractivity contribution is 0.0724. The van der Waals surface area contributed by atoms with E-state index in [4.69, 9.17) is 0 Å². The molecule has 2 aliphatic heterocycles. The van der Waals surface area contributed by atoms with Gasteiger partial charge in [-0.1, -0.05) is 54.6 Å². The summed E-state index contributed by atoms with van der Waals surface area (Å²) in [5.41, 5.74) is 6.75. The van der Waals surface area contributed by atoms with E-state index in [1.54, 1.807) is 6.20 Å². The van der Waals surface area contributed by atoms with E-state index < -0.39 is 0 Å². The van der Waals surface area contributed by atoms with E-state index in [2.05, 4.69) is 46.7 Å². The number of pyridine rings is 1. The van der Waals surface area contributed by atoms with Gasteiger partial charge in [0.25, 0.3) is 11.5 Å². The number of amides is 1. The zero-order chi connectivity index (χ0) is 24.5. The lowest BCUT2D eigenvalue weighted by atomic mass is 9.84. The van der Waals surface area contributed by atoms with Gasteiger partial charge in [0.1, 0.15) is 0 Å². The van der Waals surface area contributed by atoms with Crippen molar-refractivity contribution in [3.63, 3.8) is 0 Å².